The third-order valence-electron chi connectivity index (χ3n) is 7.12. The average molecular weight is 618 g/mol. The summed E-state index contributed by atoms with van der Waals surface area (Å²) in [5.74, 6) is -3.43. The van der Waals surface area contributed by atoms with Gasteiger partial charge in [0.15, 0.2) is 11.6 Å². The van der Waals surface area contributed by atoms with Crippen LogP contribution >= 0.6 is 11.3 Å². The number of aromatic nitrogens is 2. The Morgan fingerprint density at radius 3 is 1.95 bits per heavy atom. The predicted octanol–water partition coefficient (Wildman–Crippen LogP) is 6.82. The fourth-order valence-corrected chi connectivity index (χ4v) is 5.57. The molecular weight excluding hydrogens is 595 g/mol. The summed E-state index contributed by atoms with van der Waals surface area (Å²) in [5.41, 5.74) is 0.0664. The highest BCUT2D eigenvalue weighted by atomic mass is 32.1. The minimum absolute atomic E-state index is 0.0228. The summed E-state index contributed by atoms with van der Waals surface area (Å²) >= 11 is 1.10. The van der Waals surface area contributed by atoms with E-state index in [4.69, 9.17) is 4.74 Å². The second kappa shape index (κ2) is 11.4. The molecule has 0 aliphatic heterocycles. The first-order valence-corrected chi connectivity index (χ1v) is 14.1. The molecule has 0 spiro atoms. The van der Waals surface area contributed by atoms with E-state index in [2.05, 4.69) is 25.9 Å². The molecule has 222 valence electrons. The monoisotopic (exact) mass is 617 g/mol. The smallest absolute Gasteiger partial charge is 0.266 e. The topological polar surface area (TPSA) is 122 Å². The van der Waals surface area contributed by atoms with Crippen LogP contribution in [-0.2, 0) is 9.59 Å². The van der Waals surface area contributed by atoms with Crippen LogP contribution in [0.1, 0.15) is 28.1 Å². The summed E-state index contributed by atoms with van der Waals surface area (Å²) in [6.07, 6.45) is 1.85. The number of nitrogens with zero attached hydrogens (tertiary/aromatic N) is 2. The zero-order valence-electron chi connectivity index (χ0n) is 22.9. The zero-order valence-corrected chi connectivity index (χ0v) is 23.7. The van der Waals surface area contributed by atoms with Crippen molar-refractivity contribution in [2.45, 2.75) is 19.8 Å². The van der Waals surface area contributed by atoms with Crippen LogP contribution in [0.3, 0.4) is 0 Å². The Labute approximate surface area is 252 Å². The maximum Gasteiger partial charge on any atom is 0.266 e. The largest absolute Gasteiger partial charge is 0.435 e. The van der Waals surface area contributed by atoms with Crippen LogP contribution in [0.5, 0.6) is 11.6 Å². The van der Waals surface area contributed by atoms with Crippen LogP contribution in [0.15, 0.2) is 73.1 Å². The molecule has 0 unspecified atom stereocenters. The van der Waals surface area contributed by atoms with Crippen molar-refractivity contribution in [3.63, 3.8) is 0 Å². The first-order chi connectivity index (χ1) is 21.1. The zero-order chi connectivity index (χ0) is 31.0. The third-order valence-corrected chi connectivity index (χ3v) is 8.32. The van der Waals surface area contributed by atoms with Gasteiger partial charge in [-0.15, -0.1) is 11.3 Å². The Kier molecular flexibility index (Phi) is 7.47. The van der Waals surface area contributed by atoms with Crippen LogP contribution < -0.4 is 20.7 Å². The average Bonchev–Trinajstić information content (AvgIpc) is 3.75. The molecule has 1 aliphatic carbocycles. The van der Waals surface area contributed by atoms with Crippen molar-refractivity contribution >= 4 is 56.3 Å². The van der Waals surface area contributed by atoms with Gasteiger partial charge in [-0.05, 0) is 86.0 Å². The lowest BCUT2D eigenvalue weighted by Gasteiger charge is -2.16. The number of carbonyl (C=O) groups excluding carboxylic acids is 3. The Hall–Kier alpha value is -5.30. The minimum atomic E-state index is -1.32. The van der Waals surface area contributed by atoms with Crippen molar-refractivity contribution in [2.75, 3.05) is 16.0 Å². The van der Waals surface area contributed by atoms with E-state index in [-0.39, 0.29) is 17.3 Å². The standard InChI is InChI=1S/C31H22F3N5O4S/c1-16-24-27(35-15-36-28(24)44-25(16)26(40)37-19-6-2-17(32)3-7-19)43-23-11-10-21(14-22(23)34)39-30(42)31(12-13-31)29(41)38-20-8-4-18(33)5-9-20/h2-11,14-15H,12-13H2,1H3,(H,37,40)(H,38,41)(H,39,42). The van der Waals surface area contributed by atoms with Gasteiger partial charge in [-0.25, -0.2) is 23.1 Å². The van der Waals surface area contributed by atoms with Crippen molar-refractivity contribution in [3.8, 4) is 11.6 Å². The normalized spacial score (nSPS) is 13.3. The molecule has 1 saturated carbocycles. The number of aryl methyl sites for hydroxylation is 1. The van der Waals surface area contributed by atoms with Crippen molar-refractivity contribution < 1.29 is 32.3 Å². The molecule has 6 rings (SSSR count). The summed E-state index contributed by atoms with van der Waals surface area (Å²) in [6, 6.07) is 14.3. The molecule has 1 fully saturated rings. The molecule has 0 bridgehead atoms. The molecule has 5 aromatic rings. The number of benzene rings is 3. The first kappa shape index (κ1) is 28.8. The van der Waals surface area contributed by atoms with Gasteiger partial charge in [0.05, 0.1) is 10.3 Å². The van der Waals surface area contributed by atoms with Gasteiger partial charge in [0.2, 0.25) is 17.7 Å². The van der Waals surface area contributed by atoms with E-state index in [1.54, 1.807) is 6.92 Å². The maximum atomic E-state index is 15.2. The number of nitrogens with one attached hydrogen (secondary N) is 3. The summed E-state index contributed by atoms with van der Waals surface area (Å²) in [4.78, 5) is 47.9. The number of anilines is 3. The summed E-state index contributed by atoms with van der Waals surface area (Å²) in [6.45, 7) is 1.68. The highest BCUT2D eigenvalue weighted by molar-refractivity contribution is 7.20. The van der Waals surface area contributed by atoms with Gasteiger partial charge in [0.25, 0.3) is 5.91 Å². The highest BCUT2D eigenvalue weighted by Gasteiger charge is 2.56. The van der Waals surface area contributed by atoms with Crippen molar-refractivity contribution in [2.24, 2.45) is 5.41 Å². The van der Waals surface area contributed by atoms with Gasteiger partial charge in [-0.1, -0.05) is 0 Å². The summed E-state index contributed by atoms with van der Waals surface area (Å²) in [5, 5.41) is 8.33. The molecule has 2 heterocycles. The molecule has 3 amide bonds. The molecule has 1 aliphatic rings. The lowest BCUT2D eigenvalue weighted by molar-refractivity contribution is -0.131. The molecule has 44 heavy (non-hydrogen) atoms. The number of carbonyl (C=O) groups is 3. The third kappa shape index (κ3) is 5.69. The van der Waals surface area contributed by atoms with Gasteiger partial charge in [0.1, 0.15) is 28.2 Å². The SMILES string of the molecule is Cc1c(C(=O)Nc2ccc(F)cc2)sc2ncnc(Oc3ccc(NC(=O)C4(C(=O)Nc5ccc(F)cc5)CC4)cc3F)c12. The predicted molar refractivity (Wildman–Crippen MR) is 158 cm³/mol. The van der Waals surface area contributed by atoms with Crippen LogP contribution in [-0.4, -0.2) is 27.7 Å². The Balaban J connectivity index is 1.16. The highest BCUT2D eigenvalue weighted by Crippen LogP contribution is 2.47. The number of thiophene rings is 1. The quantitative estimate of drug-likeness (QED) is 0.164. The van der Waals surface area contributed by atoms with Gasteiger partial charge in [-0.3, -0.25) is 14.4 Å². The number of fused-ring (bicyclic) bond motifs is 1. The molecule has 3 aromatic carbocycles. The molecule has 0 saturated heterocycles. The van der Waals surface area contributed by atoms with Crippen molar-refractivity contribution in [1.82, 2.24) is 9.97 Å². The van der Waals surface area contributed by atoms with E-state index in [0.29, 0.717) is 44.9 Å². The van der Waals surface area contributed by atoms with E-state index in [9.17, 15) is 23.2 Å². The maximum absolute atomic E-state index is 15.2. The van der Waals surface area contributed by atoms with Crippen LogP contribution in [0.4, 0.5) is 30.2 Å². The lowest BCUT2D eigenvalue weighted by Crippen LogP contribution is -2.35. The van der Waals surface area contributed by atoms with E-state index in [1.807, 2.05) is 0 Å². The summed E-state index contributed by atoms with van der Waals surface area (Å²) < 4.78 is 47.3. The second-order valence-electron chi connectivity index (χ2n) is 10.1. The van der Waals surface area contributed by atoms with E-state index >= 15 is 4.39 Å². The molecular formula is C31H22F3N5O4S. The Morgan fingerprint density at radius 2 is 1.36 bits per heavy atom. The van der Waals surface area contributed by atoms with Crippen LogP contribution in [0.2, 0.25) is 0 Å². The number of halogens is 3. The number of hydrogen-bond donors (Lipinski definition) is 3. The van der Waals surface area contributed by atoms with Crippen molar-refractivity contribution in [3.05, 3.63) is 101 Å². The second-order valence-corrected chi connectivity index (χ2v) is 11.1. The van der Waals surface area contributed by atoms with Gasteiger partial charge < -0.3 is 20.7 Å². The van der Waals surface area contributed by atoms with Gasteiger partial charge in [-0.2, -0.15) is 0 Å². The fraction of sp³-hybridized carbons (Fsp3) is 0.129. The summed E-state index contributed by atoms with van der Waals surface area (Å²) in [7, 11) is 0. The molecule has 3 N–H and O–H groups in total. The van der Waals surface area contributed by atoms with Gasteiger partial charge >= 0.3 is 0 Å². The molecule has 2 aromatic heterocycles. The lowest BCUT2D eigenvalue weighted by atomic mass is 10.0. The van der Waals surface area contributed by atoms with E-state index in [0.717, 1.165) is 17.4 Å². The molecule has 13 heteroatoms. The molecule has 9 nitrogen and oxygen atoms in total. The number of rotatable bonds is 8. The van der Waals surface area contributed by atoms with Gasteiger partial charge in [0, 0.05) is 23.1 Å². The fourth-order valence-electron chi connectivity index (χ4n) is 4.54. The van der Waals surface area contributed by atoms with Crippen LogP contribution in [0.25, 0.3) is 10.2 Å². The first-order valence-electron chi connectivity index (χ1n) is 13.3. The molecule has 0 atom stereocenters. The van der Waals surface area contributed by atoms with Crippen molar-refractivity contribution in [1.29, 1.82) is 0 Å². The minimum Gasteiger partial charge on any atom is -0.435 e. The number of hydrogen-bond acceptors (Lipinski definition) is 7. The van der Waals surface area contributed by atoms with Crippen LogP contribution in [0, 0.1) is 29.8 Å². The van der Waals surface area contributed by atoms with E-state index in [1.165, 1.54) is 67.0 Å². The molecule has 0 radical (unpaired) electrons. The Morgan fingerprint density at radius 1 is 0.795 bits per heavy atom. The number of ether oxygens (including phenoxy) is 1. The number of amides is 3. The van der Waals surface area contributed by atoms with E-state index < -0.39 is 40.6 Å². The Bertz CT molecular complexity index is 1930.